The Morgan fingerprint density at radius 1 is 0.933 bits per heavy atom. The molecular weight excluding hydrogens is 211 g/mol. The Morgan fingerprint density at radius 2 is 1.40 bits per heavy atom. The Bertz CT molecular complexity index is 600. The summed E-state index contributed by atoms with van der Waals surface area (Å²) in [4.78, 5) is 24.0. The van der Waals surface area contributed by atoms with Crippen LogP contribution in [0.2, 0.25) is 0 Å². The van der Waals surface area contributed by atoms with E-state index in [-0.39, 0.29) is 11.1 Å². The van der Waals surface area contributed by atoms with Crippen LogP contribution in [0, 0.1) is 0 Å². The lowest BCUT2D eigenvalue weighted by Gasteiger charge is -2.06. The molecule has 0 fully saturated rings. The van der Waals surface area contributed by atoms with Crippen molar-refractivity contribution in [1.29, 1.82) is 0 Å². The molecule has 0 spiro atoms. The summed E-state index contributed by atoms with van der Waals surface area (Å²) in [5.74, 6) is 0. The molecule has 76 valence electrons. The Balaban J connectivity index is 2.63. The maximum Gasteiger partial charge on any atom is 0.273 e. The Hall–Kier alpha value is -1.41. The second-order valence-corrected chi connectivity index (χ2v) is 4.65. The van der Waals surface area contributed by atoms with Gasteiger partial charge in [-0.05, 0) is 12.1 Å². The van der Waals surface area contributed by atoms with E-state index < -0.39 is 0 Å². The summed E-state index contributed by atoms with van der Waals surface area (Å²) >= 11 is 0. The lowest BCUT2D eigenvalue weighted by molar-refractivity contribution is 0.557. The summed E-state index contributed by atoms with van der Waals surface area (Å²) in [5, 5.41) is 1.07. The average Bonchev–Trinajstić information content (AvgIpc) is 2.75. The van der Waals surface area contributed by atoms with Crippen molar-refractivity contribution in [3.63, 3.8) is 0 Å². The van der Waals surface area contributed by atoms with Gasteiger partial charge in [0.25, 0.3) is 11.1 Å². The highest BCUT2D eigenvalue weighted by atomic mass is 31.1. The van der Waals surface area contributed by atoms with Crippen LogP contribution < -0.4 is 11.1 Å². The van der Waals surface area contributed by atoms with Gasteiger partial charge < -0.3 is 0 Å². The number of benzene rings is 1. The number of fused-ring (bicyclic) bond motifs is 2. The highest BCUT2D eigenvalue weighted by molar-refractivity contribution is 7.35. The van der Waals surface area contributed by atoms with E-state index in [4.69, 9.17) is 0 Å². The maximum atomic E-state index is 12.0. The van der Waals surface area contributed by atoms with Gasteiger partial charge in [-0.15, -0.1) is 0 Å². The molecule has 0 saturated carbocycles. The van der Waals surface area contributed by atoms with E-state index in [1.54, 1.807) is 33.6 Å². The average molecular weight is 220 g/mol. The molecule has 0 amide bonds. The van der Waals surface area contributed by atoms with Crippen molar-refractivity contribution >= 4 is 19.4 Å². The topological polar surface area (TPSA) is 44.0 Å². The molecule has 1 aliphatic heterocycles. The van der Waals surface area contributed by atoms with Gasteiger partial charge in [0.2, 0.25) is 0 Å². The third-order valence-electron chi connectivity index (χ3n) is 2.67. The summed E-state index contributed by atoms with van der Waals surface area (Å²) < 4.78 is 3.12. The molecule has 1 aliphatic rings. The molecule has 1 aromatic heterocycles. The lowest BCUT2D eigenvalue weighted by atomic mass is 10.2. The molecule has 5 heteroatoms. The minimum absolute atomic E-state index is 0.0461. The van der Waals surface area contributed by atoms with Gasteiger partial charge in [0.15, 0.2) is 0 Å². The summed E-state index contributed by atoms with van der Waals surface area (Å²) in [6, 6.07) is 7.01. The normalized spacial score (nSPS) is 14.4. The predicted molar refractivity (Wildman–Crippen MR) is 60.8 cm³/mol. The Kier molecular flexibility index (Phi) is 1.80. The summed E-state index contributed by atoms with van der Waals surface area (Å²) in [6.07, 6.45) is 1.36. The summed E-state index contributed by atoms with van der Waals surface area (Å²) in [7, 11) is 0.633. The molecule has 3 rings (SSSR count). The molecule has 2 aromatic rings. The second kappa shape index (κ2) is 3.04. The van der Waals surface area contributed by atoms with Crippen molar-refractivity contribution in [3.8, 4) is 0 Å². The van der Waals surface area contributed by atoms with Crippen LogP contribution in [0.25, 0.3) is 10.8 Å². The van der Waals surface area contributed by atoms with Gasteiger partial charge in [0.1, 0.15) is 0 Å². The minimum Gasteiger partial charge on any atom is -0.267 e. The smallest absolute Gasteiger partial charge is 0.267 e. The van der Waals surface area contributed by atoms with Gasteiger partial charge in [0, 0.05) is 0 Å². The van der Waals surface area contributed by atoms with Crippen LogP contribution in [0.5, 0.6) is 0 Å². The van der Waals surface area contributed by atoms with Crippen LogP contribution in [-0.4, -0.2) is 9.36 Å². The first-order valence-electron chi connectivity index (χ1n) is 4.72. The van der Waals surface area contributed by atoms with Gasteiger partial charge in [-0.2, -0.15) is 0 Å². The number of rotatable bonds is 0. The molecule has 0 unspecified atom stereocenters. The molecule has 15 heavy (non-hydrogen) atoms. The predicted octanol–water partition coefficient (Wildman–Crippen LogP) is 0.770. The molecular formula is C10H9N2O2P. The SMILES string of the molecule is O=c1c2ccccc2c(=O)n2n1CPC2. The van der Waals surface area contributed by atoms with Crippen LogP contribution in [0.3, 0.4) is 0 Å². The number of nitrogens with zero attached hydrogens (tertiary/aromatic N) is 2. The monoisotopic (exact) mass is 220 g/mol. The van der Waals surface area contributed by atoms with E-state index in [9.17, 15) is 9.59 Å². The zero-order chi connectivity index (χ0) is 10.4. The fourth-order valence-electron chi connectivity index (χ4n) is 1.93. The highest BCUT2D eigenvalue weighted by Crippen LogP contribution is 2.21. The Morgan fingerprint density at radius 3 is 1.87 bits per heavy atom. The molecule has 1 aromatic carbocycles. The van der Waals surface area contributed by atoms with E-state index in [0.29, 0.717) is 31.9 Å². The van der Waals surface area contributed by atoms with E-state index in [2.05, 4.69) is 0 Å². The van der Waals surface area contributed by atoms with Crippen molar-refractivity contribution in [3.05, 3.63) is 45.0 Å². The molecule has 2 heterocycles. The molecule has 0 atom stereocenters. The minimum atomic E-state index is -0.0461. The highest BCUT2D eigenvalue weighted by Gasteiger charge is 2.16. The van der Waals surface area contributed by atoms with Crippen molar-refractivity contribution in [2.75, 3.05) is 0 Å². The fourth-order valence-corrected chi connectivity index (χ4v) is 3.08. The fraction of sp³-hybridized carbons (Fsp3) is 0.200. The zero-order valence-corrected chi connectivity index (χ0v) is 8.93. The molecule has 0 aliphatic carbocycles. The largest absolute Gasteiger partial charge is 0.273 e. The van der Waals surface area contributed by atoms with Gasteiger partial charge >= 0.3 is 0 Å². The Labute approximate surface area is 86.9 Å². The standard InChI is InChI=1S/C10H9N2O2P/c13-9-7-3-1-2-4-8(7)10(14)12-6-15-5-11(9)12/h1-4,15H,5-6H2. The summed E-state index contributed by atoms with van der Waals surface area (Å²) in [5.41, 5.74) is -0.0922. The number of hydrogen-bond acceptors (Lipinski definition) is 2. The van der Waals surface area contributed by atoms with E-state index in [1.165, 1.54) is 0 Å². The van der Waals surface area contributed by atoms with Crippen LogP contribution in [-0.2, 0) is 12.6 Å². The maximum absolute atomic E-state index is 12.0. The van der Waals surface area contributed by atoms with Crippen LogP contribution in [0.15, 0.2) is 33.9 Å². The zero-order valence-electron chi connectivity index (χ0n) is 7.93. The molecule has 0 bridgehead atoms. The van der Waals surface area contributed by atoms with Crippen LogP contribution in [0.4, 0.5) is 0 Å². The first-order valence-corrected chi connectivity index (χ1v) is 6.14. The van der Waals surface area contributed by atoms with Crippen molar-refractivity contribution in [1.82, 2.24) is 9.36 Å². The molecule has 0 radical (unpaired) electrons. The van der Waals surface area contributed by atoms with E-state index in [1.807, 2.05) is 0 Å². The van der Waals surface area contributed by atoms with Crippen molar-refractivity contribution < 1.29 is 0 Å². The van der Waals surface area contributed by atoms with E-state index in [0.717, 1.165) is 0 Å². The summed E-state index contributed by atoms with van der Waals surface area (Å²) in [6.45, 7) is 0. The van der Waals surface area contributed by atoms with Crippen LogP contribution >= 0.6 is 8.58 Å². The van der Waals surface area contributed by atoms with Gasteiger partial charge in [-0.3, -0.25) is 9.59 Å². The van der Waals surface area contributed by atoms with E-state index >= 15 is 0 Å². The molecule has 0 saturated heterocycles. The first kappa shape index (κ1) is 8.86. The lowest BCUT2D eigenvalue weighted by Crippen LogP contribution is -2.34. The molecule has 0 N–H and O–H groups in total. The first-order chi connectivity index (χ1) is 7.29. The van der Waals surface area contributed by atoms with Gasteiger partial charge in [-0.25, -0.2) is 9.36 Å². The third-order valence-corrected chi connectivity index (χ3v) is 3.72. The van der Waals surface area contributed by atoms with Gasteiger partial charge in [0.05, 0.1) is 23.3 Å². The quantitative estimate of drug-likeness (QED) is 0.615. The van der Waals surface area contributed by atoms with Crippen LogP contribution in [0.1, 0.15) is 0 Å². The number of aromatic nitrogens is 2. The number of hydrogen-bond donors (Lipinski definition) is 0. The molecule has 4 nitrogen and oxygen atoms in total. The van der Waals surface area contributed by atoms with Crippen molar-refractivity contribution in [2.45, 2.75) is 12.6 Å². The van der Waals surface area contributed by atoms with Gasteiger partial charge in [-0.1, -0.05) is 20.7 Å². The van der Waals surface area contributed by atoms with Crippen molar-refractivity contribution in [2.24, 2.45) is 0 Å². The second-order valence-electron chi connectivity index (χ2n) is 3.52. The third kappa shape index (κ3) is 1.11.